The molecule has 7 nitrogen and oxygen atoms in total. The van der Waals surface area contributed by atoms with E-state index in [1.165, 1.54) is 36.2 Å². The van der Waals surface area contributed by atoms with Gasteiger partial charge in [-0.2, -0.15) is 0 Å². The van der Waals surface area contributed by atoms with Gasteiger partial charge in [-0.3, -0.25) is 10.1 Å². The van der Waals surface area contributed by atoms with E-state index < -0.39 is 10.9 Å². The van der Waals surface area contributed by atoms with Crippen molar-refractivity contribution in [2.45, 2.75) is 10.8 Å². The van der Waals surface area contributed by atoms with Crippen LogP contribution in [0.15, 0.2) is 39.9 Å². The van der Waals surface area contributed by atoms with Crippen molar-refractivity contribution in [2.24, 2.45) is 0 Å². The zero-order valence-corrected chi connectivity index (χ0v) is 10.3. The molecule has 2 heterocycles. The number of pyridine rings is 1. The number of hydrogen-bond donors (Lipinski definition) is 1. The average molecular weight is 280 g/mol. The lowest BCUT2D eigenvalue weighted by Crippen LogP contribution is -1.96. The van der Waals surface area contributed by atoms with Crippen molar-refractivity contribution >= 4 is 23.6 Å². The quantitative estimate of drug-likeness (QED) is 0.509. The summed E-state index contributed by atoms with van der Waals surface area (Å²) in [6.45, 7) is 0. The summed E-state index contributed by atoms with van der Waals surface area (Å²) >= 11 is 1.30. The number of carboxylic acids is 1. The molecule has 0 aliphatic carbocycles. The number of carbonyl (C=O) groups is 1. The van der Waals surface area contributed by atoms with E-state index in [4.69, 9.17) is 9.52 Å². The van der Waals surface area contributed by atoms with E-state index in [1.807, 2.05) is 0 Å². The Bertz CT molecular complexity index is 608. The monoisotopic (exact) mass is 280 g/mol. The third kappa shape index (κ3) is 3.32. The molecule has 98 valence electrons. The number of nitro groups is 1. The minimum absolute atomic E-state index is 0.109. The van der Waals surface area contributed by atoms with Crippen molar-refractivity contribution in [3.63, 3.8) is 0 Å². The van der Waals surface area contributed by atoms with Gasteiger partial charge in [0.2, 0.25) is 0 Å². The molecule has 8 heteroatoms. The number of aromatic carboxylic acids is 1. The maximum absolute atomic E-state index is 10.6. The fourth-order valence-electron chi connectivity index (χ4n) is 1.28. The lowest BCUT2D eigenvalue weighted by atomic mass is 10.3. The van der Waals surface area contributed by atoms with E-state index in [-0.39, 0.29) is 11.4 Å². The topological polar surface area (TPSA) is 106 Å². The number of aromatic nitrogens is 1. The van der Waals surface area contributed by atoms with Gasteiger partial charge in [-0.1, -0.05) is 11.8 Å². The summed E-state index contributed by atoms with van der Waals surface area (Å²) in [6.07, 6.45) is 1.26. The van der Waals surface area contributed by atoms with Crippen molar-refractivity contribution < 1.29 is 19.2 Å². The molecule has 2 rings (SSSR count). The summed E-state index contributed by atoms with van der Waals surface area (Å²) in [5.41, 5.74) is 0.109. The van der Waals surface area contributed by atoms with Crippen LogP contribution in [0.2, 0.25) is 0 Å². The first-order valence-corrected chi connectivity index (χ1v) is 6.10. The first-order valence-electron chi connectivity index (χ1n) is 5.11. The Hall–Kier alpha value is -2.35. The summed E-state index contributed by atoms with van der Waals surface area (Å²) < 4.78 is 4.99. The molecule has 0 fully saturated rings. The summed E-state index contributed by atoms with van der Waals surface area (Å²) in [7, 11) is 0. The second-order valence-corrected chi connectivity index (χ2v) is 4.47. The Kier molecular flexibility index (Phi) is 3.81. The van der Waals surface area contributed by atoms with Gasteiger partial charge in [0.05, 0.1) is 22.4 Å². The van der Waals surface area contributed by atoms with Gasteiger partial charge < -0.3 is 9.52 Å². The Balaban J connectivity index is 1.97. The second-order valence-electron chi connectivity index (χ2n) is 3.48. The summed E-state index contributed by atoms with van der Waals surface area (Å²) in [5, 5.41) is 19.8. The molecule has 0 atom stereocenters. The Morgan fingerprint density at radius 2 is 2.21 bits per heavy atom. The summed E-state index contributed by atoms with van der Waals surface area (Å²) in [4.78, 5) is 24.4. The largest absolute Gasteiger partial charge is 0.478 e. The van der Waals surface area contributed by atoms with Crippen LogP contribution in [0.3, 0.4) is 0 Å². The minimum Gasteiger partial charge on any atom is -0.478 e. The van der Waals surface area contributed by atoms with Crippen LogP contribution in [-0.4, -0.2) is 21.0 Å². The number of hydrogen-bond acceptors (Lipinski definition) is 6. The van der Waals surface area contributed by atoms with Crippen LogP contribution >= 0.6 is 11.8 Å². The zero-order chi connectivity index (χ0) is 13.8. The number of furan rings is 1. The molecule has 0 bridgehead atoms. The molecule has 0 saturated heterocycles. The highest BCUT2D eigenvalue weighted by molar-refractivity contribution is 7.98. The first-order chi connectivity index (χ1) is 9.06. The smallest absolute Gasteiger partial charge is 0.433 e. The Morgan fingerprint density at radius 3 is 2.74 bits per heavy atom. The van der Waals surface area contributed by atoms with Crippen LogP contribution < -0.4 is 0 Å². The van der Waals surface area contributed by atoms with E-state index in [1.54, 1.807) is 6.07 Å². The van der Waals surface area contributed by atoms with Crippen molar-refractivity contribution in [2.75, 3.05) is 0 Å². The number of rotatable bonds is 5. The van der Waals surface area contributed by atoms with Gasteiger partial charge in [-0.05, 0) is 18.2 Å². The Labute approximate surface area is 111 Å². The third-order valence-electron chi connectivity index (χ3n) is 2.17. The molecule has 1 N–H and O–H groups in total. The van der Waals surface area contributed by atoms with Crippen LogP contribution in [0.4, 0.5) is 5.88 Å². The molecule has 0 spiro atoms. The standard InChI is InChI=1S/C11H8N2O5S/c14-11(15)7-1-3-9(12-5-7)19-6-8-2-4-10(18-8)13(16)17/h1-5H,6H2,(H,14,15). The number of nitrogens with zero attached hydrogens (tertiary/aromatic N) is 2. The maximum Gasteiger partial charge on any atom is 0.433 e. The van der Waals surface area contributed by atoms with E-state index in [2.05, 4.69) is 4.98 Å². The van der Waals surface area contributed by atoms with Gasteiger partial charge in [0.25, 0.3) is 0 Å². The van der Waals surface area contributed by atoms with Gasteiger partial charge in [-0.15, -0.1) is 0 Å². The fourth-order valence-corrected chi connectivity index (χ4v) is 2.02. The third-order valence-corrected chi connectivity index (χ3v) is 3.14. The molecule has 2 aromatic rings. The Morgan fingerprint density at radius 1 is 1.42 bits per heavy atom. The van der Waals surface area contributed by atoms with Gasteiger partial charge in [-0.25, -0.2) is 9.78 Å². The van der Waals surface area contributed by atoms with Crippen LogP contribution in [0.25, 0.3) is 0 Å². The number of carboxylic acid groups (broad SMARTS) is 1. The van der Waals surface area contributed by atoms with Crippen molar-refractivity contribution in [1.82, 2.24) is 4.98 Å². The highest BCUT2D eigenvalue weighted by atomic mass is 32.2. The average Bonchev–Trinajstić information content (AvgIpc) is 2.86. The van der Waals surface area contributed by atoms with Crippen LogP contribution in [0.5, 0.6) is 0 Å². The summed E-state index contributed by atoms with van der Waals surface area (Å²) in [5.74, 6) is -0.496. The molecule has 2 aromatic heterocycles. The predicted molar refractivity (Wildman–Crippen MR) is 66.1 cm³/mol. The molecular formula is C11H8N2O5S. The first kappa shape index (κ1) is 13.1. The second kappa shape index (κ2) is 5.53. The molecule has 0 saturated carbocycles. The van der Waals surface area contributed by atoms with E-state index in [0.717, 1.165) is 0 Å². The highest BCUT2D eigenvalue weighted by Crippen LogP contribution is 2.24. The van der Waals surface area contributed by atoms with E-state index in [0.29, 0.717) is 16.5 Å². The summed E-state index contributed by atoms with van der Waals surface area (Å²) in [6, 6.07) is 5.83. The molecule has 0 aromatic carbocycles. The van der Waals surface area contributed by atoms with Crippen molar-refractivity contribution in [3.8, 4) is 0 Å². The van der Waals surface area contributed by atoms with Crippen molar-refractivity contribution in [3.05, 3.63) is 51.9 Å². The molecule has 0 aliphatic rings. The lowest BCUT2D eigenvalue weighted by Gasteiger charge is -1.99. The minimum atomic E-state index is -1.04. The van der Waals surface area contributed by atoms with E-state index >= 15 is 0 Å². The van der Waals surface area contributed by atoms with Gasteiger partial charge in [0.1, 0.15) is 10.7 Å². The van der Waals surface area contributed by atoms with Gasteiger partial charge >= 0.3 is 11.9 Å². The van der Waals surface area contributed by atoms with Crippen LogP contribution in [-0.2, 0) is 5.75 Å². The maximum atomic E-state index is 10.6. The zero-order valence-electron chi connectivity index (χ0n) is 9.48. The normalized spacial score (nSPS) is 10.3. The van der Waals surface area contributed by atoms with Crippen molar-refractivity contribution in [1.29, 1.82) is 0 Å². The lowest BCUT2D eigenvalue weighted by molar-refractivity contribution is -0.402. The predicted octanol–water partition coefficient (Wildman–Crippen LogP) is 2.57. The molecular weight excluding hydrogens is 272 g/mol. The SMILES string of the molecule is O=C(O)c1ccc(SCc2ccc([N+](=O)[O-])o2)nc1. The van der Waals surface area contributed by atoms with Gasteiger partial charge in [0.15, 0.2) is 0 Å². The molecule has 0 unspecified atom stereocenters. The van der Waals surface area contributed by atoms with Gasteiger partial charge in [0, 0.05) is 6.20 Å². The molecule has 0 aliphatic heterocycles. The molecule has 0 amide bonds. The molecule has 19 heavy (non-hydrogen) atoms. The molecule has 0 radical (unpaired) electrons. The number of thioether (sulfide) groups is 1. The van der Waals surface area contributed by atoms with E-state index in [9.17, 15) is 14.9 Å². The fraction of sp³-hybridized carbons (Fsp3) is 0.0909. The van der Waals surface area contributed by atoms with Crippen LogP contribution in [0, 0.1) is 10.1 Å². The highest BCUT2D eigenvalue weighted by Gasteiger charge is 2.12. The van der Waals surface area contributed by atoms with Crippen LogP contribution in [0.1, 0.15) is 16.1 Å².